The van der Waals surface area contributed by atoms with Crippen molar-refractivity contribution < 1.29 is 14.4 Å². The summed E-state index contributed by atoms with van der Waals surface area (Å²) in [5.41, 5.74) is 0. The normalized spacial score (nSPS) is 11.8. The Morgan fingerprint density at radius 3 is 2.90 bits per heavy atom. The van der Waals surface area contributed by atoms with Gasteiger partial charge in [-0.15, -0.1) is 0 Å². The van der Waals surface area contributed by atoms with Gasteiger partial charge in [0.15, 0.2) is 0 Å². The molecule has 0 unspecified atom stereocenters. The highest BCUT2D eigenvalue weighted by Crippen LogP contribution is 2.15. The number of nitrogens with one attached hydrogen (secondary N) is 1. The molecular formula is C12H19N3O4S. The second kappa shape index (κ2) is 8.49. The topological polar surface area (TPSA) is 91.8 Å². The number of rotatable bonds is 9. The lowest BCUT2D eigenvalue weighted by atomic mass is 10.4. The maximum absolute atomic E-state index is 10.1. The van der Waals surface area contributed by atoms with Gasteiger partial charge in [0.25, 0.3) is 12.1 Å². The van der Waals surface area contributed by atoms with Crippen LogP contribution in [0.15, 0.2) is 28.6 Å². The number of furan rings is 1. The molecule has 0 amide bonds. The zero-order chi connectivity index (χ0) is 15.0. The zero-order valence-corrected chi connectivity index (χ0v) is 12.4. The van der Waals surface area contributed by atoms with Crippen molar-refractivity contribution in [1.82, 2.24) is 10.2 Å². The van der Waals surface area contributed by atoms with Gasteiger partial charge in [0.1, 0.15) is 11.5 Å². The minimum Gasteiger partial charge on any atom is -0.490 e. The number of aliphatic hydroxyl groups is 1. The lowest BCUT2D eigenvalue weighted by molar-refractivity contribution is -0.405. The Morgan fingerprint density at radius 2 is 2.25 bits per heavy atom. The standard InChI is InChI=1S/C12H19N3O4S/c1-14(2)7-10-3-4-11(19-10)9-20-6-5-13-12(16)8-15(17)18/h3-4,8,13,16H,5-7,9H2,1-2H3. The Balaban J connectivity index is 2.18. The number of nitro groups is 1. The van der Waals surface area contributed by atoms with Crippen LogP contribution in [0.4, 0.5) is 0 Å². The highest BCUT2D eigenvalue weighted by molar-refractivity contribution is 7.98. The van der Waals surface area contributed by atoms with E-state index in [9.17, 15) is 10.1 Å². The van der Waals surface area contributed by atoms with E-state index in [-0.39, 0.29) is 0 Å². The van der Waals surface area contributed by atoms with Crippen LogP contribution in [-0.4, -0.2) is 41.3 Å². The van der Waals surface area contributed by atoms with Crippen molar-refractivity contribution in [2.24, 2.45) is 0 Å². The molecule has 0 saturated carbocycles. The van der Waals surface area contributed by atoms with Gasteiger partial charge in [-0.3, -0.25) is 10.1 Å². The maximum atomic E-state index is 10.1. The lowest BCUT2D eigenvalue weighted by Crippen LogP contribution is -2.17. The van der Waals surface area contributed by atoms with Crippen LogP contribution in [0.1, 0.15) is 11.5 Å². The van der Waals surface area contributed by atoms with Crippen LogP contribution < -0.4 is 5.32 Å². The molecule has 7 nitrogen and oxygen atoms in total. The molecule has 1 heterocycles. The Labute approximate surface area is 121 Å². The largest absolute Gasteiger partial charge is 0.490 e. The summed E-state index contributed by atoms with van der Waals surface area (Å²) >= 11 is 1.62. The van der Waals surface area contributed by atoms with Crippen LogP contribution in [0.3, 0.4) is 0 Å². The summed E-state index contributed by atoms with van der Waals surface area (Å²) in [7, 11) is 3.96. The first-order valence-corrected chi connectivity index (χ1v) is 7.21. The van der Waals surface area contributed by atoms with Crippen LogP contribution in [0.5, 0.6) is 0 Å². The first-order chi connectivity index (χ1) is 9.47. The monoisotopic (exact) mass is 301 g/mol. The summed E-state index contributed by atoms with van der Waals surface area (Å²) < 4.78 is 5.64. The van der Waals surface area contributed by atoms with Crippen molar-refractivity contribution in [3.63, 3.8) is 0 Å². The molecule has 0 fully saturated rings. The molecule has 0 spiro atoms. The van der Waals surface area contributed by atoms with Gasteiger partial charge in [0, 0.05) is 12.3 Å². The predicted octanol–water partition coefficient (Wildman–Crippen LogP) is 1.80. The third-order valence-electron chi connectivity index (χ3n) is 2.21. The van der Waals surface area contributed by atoms with Crippen molar-refractivity contribution >= 4 is 11.8 Å². The quantitative estimate of drug-likeness (QED) is 0.311. The SMILES string of the molecule is CN(C)Cc1ccc(CSCCNC(O)=C[N+](=O)[O-])o1. The second-order valence-electron chi connectivity index (χ2n) is 4.38. The Kier molecular flexibility index (Phi) is 6.96. The van der Waals surface area contributed by atoms with E-state index in [0.29, 0.717) is 18.5 Å². The summed E-state index contributed by atoms with van der Waals surface area (Å²) in [6.45, 7) is 1.22. The molecule has 0 atom stereocenters. The third kappa shape index (κ3) is 7.05. The van der Waals surface area contributed by atoms with Crippen LogP contribution >= 0.6 is 11.8 Å². The van der Waals surface area contributed by atoms with Crippen molar-refractivity contribution in [2.45, 2.75) is 12.3 Å². The van der Waals surface area contributed by atoms with Crippen LogP contribution in [0, 0.1) is 10.1 Å². The van der Waals surface area contributed by atoms with Gasteiger partial charge in [-0.2, -0.15) is 11.8 Å². The fraction of sp³-hybridized carbons (Fsp3) is 0.500. The average molecular weight is 301 g/mol. The summed E-state index contributed by atoms with van der Waals surface area (Å²) in [5.74, 6) is 2.84. The van der Waals surface area contributed by atoms with Crippen molar-refractivity contribution in [3.05, 3.63) is 45.9 Å². The van der Waals surface area contributed by atoms with Crippen molar-refractivity contribution in [3.8, 4) is 0 Å². The third-order valence-corrected chi connectivity index (χ3v) is 3.20. The Hall–Kier alpha value is -1.67. The van der Waals surface area contributed by atoms with E-state index in [0.717, 1.165) is 23.8 Å². The van der Waals surface area contributed by atoms with Gasteiger partial charge in [-0.25, -0.2) is 0 Å². The summed E-state index contributed by atoms with van der Waals surface area (Å²) in [4.78, 5) is 11.4. The molecule has 1 rings (SSSR count). The van der Waals surface area contributed by atoms with Crippen LogP contribution in [-0.2, 0) is 12.3 Å². The molecule has 0 aliphatic heterocycles. The first-order valence-electron chi connectivity index (χ1n) is 6.05. The first kappa shape index (κ1) is 16.4. The second-order valence-corrected chi connectivity index (χ2v) is 5.49. The van der Waals surface area contributed by atoms with Crippen LogP contribution in [0.2, 0.25) is 0 Å². The van der Waals surface area contributed by atoms with Gasteiger partial charge < -0.3 is 19.7 Å². The molecule has 2 N–H and O–H groups in total. The Morgan fingerprint density at radius 1 is 1.55 bits per heavy atom. The smallest absolute Gasteiger partial charge is 0.293 e. The van der Waals surface area contributed by atoms with E-state index in [1.54, 1.807) is 11.8 Å². The molecule has 0 bridgehead atoms. The van der Waals surface area contributed by atoms with Gasteiger partial charge in [0.05, 0.1) is 17.2 Å². The van der Waals surface area contributed by atoms with Gasteiger partial charge in [0.2, 0.25) is 0 Å². The highest BCUT2D eigenvalue weighted by atomic mass is 32.2. The van der Waals surface area contributed by atoms with E-state index < -0.39 is 10.8 Å². The van der Waals surface area contributed by atoms with Crippen LogP contribution in [0.25, 0.3) is 0 Å². The number of thioether (sulfide) groups is 1. The van der Waals surface area contributed by atoms with Crippen molar-refractivity contribution in [2.75, 3.05) is 26.4 Å². The zero-order valence-electron chi connectivity index (χ0n) is 11.5. The molecular weight excluding hydrogens is 282 g/mol. The fourth-order valence-electron chi connectivity index (χ4n) is 1.47. The molecule has 1 aromatic rings. The van der Waals surface area contributed by atoms with E-state index in [1.165, 1.54) is 0 Å². The lowest BCUT2D eigenvalue weighted by Gasteiger charge is -2.05. The number of nitrogens with zero attached hydrogens (tertiary/aromatic N) is 2. The van der Waals surface area contributed by atoms with E-state index in [2.05, 4.69) is 5.32 Å². The minimum atomic E-state index is -0.704. The number of aliphatic hydroxyl groups excluding tert-OH is 1. The molecule has 0 aliphatic rings. The number of hydrogen-bond acceptors (Lipinski definition) is 7. The fourth-order valence-corrected chi connectivity index (χ4v) is 2.21. The van der Waals surface area contributed by atoms with Gasteiger partial charge >= 0.3 is 0 Å². The summed E-state index contributed by atoms with van der Waals surface area (Å²) in [6, 6.07) is 3.91. The molecule has 0 aromatic carbocycles. The molecule has 1 aromatic heterocycles. The predicted molar refractivity (Wildman–Crippen MR) is 78.0 cm³/mol. The van der Waals surface area contributed by atoms with Gasteiger partial charge in [-0.1, -0.05) is 0 Å². The summed E-state index contributed by atoms with van der Waals surface area (Å²) in [6.07, 6.45) is 0.532. The molecule has 112 valence electrons. The van der Waals surface area contributed by atoms with Crippen molar-refractivity contribution in [1.29, 1.82) is 0 Å². The average Bonchev–Trinajstić information content (AvgIpc) is 2.74. The molecule has 8 heteroatoms. The van der Waals surface area contributed by atoms with Gasteiger partial charge in [-0.05, 0) is 26.2 Å². The molecule has 20 heavy (non-hydrogen) atoms. The maximum Gasteiger partial charge on any atom is 0.293 e. The molecule has 0 radical (unpaired) electrons. The number of hydrogen-bond donors (Lipinski definition) is 2. The van der Waals surface area contributed by atoms with E-state index in [4.69, 9.17) is 9.52 Å². The Bertz CT molecular complexity index is 459. The highest BCUT2D eigenvalue weighted by Gasteiger charge is 2.04. The molecule has 0 saturated heterocycles. The molecule has 0 aliphatic carbocycles. The van der Waals surface area contributed by atoms with E-state index in [1.807, 2.05) is 31.1 Å². The van der Waals surface area contributed by atoms with E-state index >= 15 is 0 Å². The summed E-state index contributed by atoms with van der Waals surface area (Å²) in [5, 5.41) is 21.7. The minimum absolute atomic E-state index is 0.429.